The number of nitrogens with zero attached hydrogens (tertiary/aromatic N) is 3. The summed E-state index contributed by atoms with van der Waals surface area (Å²) in [7, 11) is 0. The Morgan fingerprint density at radius 2 is 1.88 bits per heavy atom. The van der Waals surface area contributed by atoms with E-state index in [9.17, 15) is 4.79 Å². The van der Waals surface area contributed by atoms with Crippen molar-refractivity contribution in [3.63, 3.8) is 0 Å². The predicted octanol–water partition coefficient (Wildman–Crippen LogP) is 3.32. The first kappa shape index (κ1) is 17.5. The van der Waals surface area contributed by atoms with Crippen LogP contribution in [-0.2, 0) is 4.79 Å². The highest BCUT2D eigenvalue weighted by atomic mass is 16.5. The van der Waals surface area contributed by atoms with Gasteiger partial charge < -0.3 is 14.2 Å². The van der Waals surface area contributed by atoms with Gasteiger partial charge in [-0.3, -0.25) is 4.79 Å². The molecule has 6 nitrogen and oxygen atoms in total. The lowest BCUT2D eigenvalue weighted by Crippen LogP contribution is -2.50. The fourth-order valence-corrected chi connectivity index (χ4v) is 2.67. The molecule has 1 aromatic heterocycles. The Labute approximate surface area is 148 Å². The molecule has 1 saturated heterocycles. The topological polar surface area (TPSA) is 68.5 Å². The summed E-state index contributed by atoms with van der Waals surface area (Å²) in [6, 6.07) is 7.89. The van der Waals surface area contributed by atoms with Crippen molar-refractivity contribution in [2.75, 3.05) is 19.7 Å². The van der Waals surface area contributed by atoms with E-state index in [0.29, 0.717) is 36.5 Å². The van der Waals surface area contributed by atoms with Crippen molar-refractivity contribution in [3.8, 4) is 5.75 Å². The number of hydrogen-bond donors (Lipinski definition) is 0. The second kappa shape index (κ2) is 7.25. The Kier molecular flexibility index (Phi) is 5.06. The number of amides is 1. The number of aromatic nitrogens is 2. The first-order valence-corrected chi connectivity index (χ1v) is 8.78. The summed E-state index contributed by atoms with van der Waals surface area (Å²) in [6.07, 6.45) is 0. The zero-order valence-corrected chi connectivity index (χ0v) is 15.2. The SMILES string of the molecule is CC(C)c1ccc(OCC(=O)N2CC(c3nc(C(C)C)no3)C2)cc1. The van der Waals surface area contributed by atoms with Crippen molar-refractivity contribution in [2.45, 2.75) is 45.4 Å². The Balaban J connectivity index is 1.45. The summed E-state index contributed by atoms with van der Waals surface area (Å²) in [4.78, 5) is 18.3. The van der Waals surface area contributed by atoms with E-state index in [0.717, 1.165) is 0 Å². The molecule has 134 valence electrons. The highest BCUT2D eigenvalue weighted by Crippen LogP contribution is 2.27. The lowest BCUT2D eigenvalue weighted by atomic mass is 10.00. The highest BCUT2D eigenvalue weighted by molar-refractivity contribution is 5.78. The normalized spacial score (nSPS) is 14.9. The third-order valence-corrected chi connectivity index (χ3v) is 4.47. The maximum absolute atomic E-state index is 12.2. The van der Waals surface area contributed by atoms with E-state index < -0.39 is 0 Å². The number of likely N-dealkylation sites (tertiary alicyclic amines) is 1. The van der Waals surface area contributed by atoms with Crippen LogP contribution in [0.3, 0.4) is 0 Å². The molecule has 0 unspecified atom stereocenters. The second-order valence-electron chi connectivity index (χ2n) is 7.15. The van der Waals surface area contributed by atoms with Crippen LogP contribution in [0.25, 0.3) is 0 Å². The number of ether oxygens (including phenoxy) is 1. The van der Waals surface area contributed by atoms with Gasteiger partial charge >= 0.3 is 0 Å². The maximum Gasteiger partial charge on any atom is 0.260 e. The predicted molar refractivity (Wildman–Crippen MR) is 93.7 cm³/mol. The van der Waals surface area contributed by atoms with Gasteiger partial charge in [-0.2, -0.15) is 4.98 Å². The molecule has 0 saturated carbocycles. The summed E-state index contributed by atoms with van der Waals surface area (Å²) >= 11 is 0. The van der Waals surface area contributed by atoms with Gasteiger partial charge in [0.1, 0.15) is 5.75 Å². The minimum absolute atomic E-state index is 0.0206. The van der Waals surface area contributed by atoms with Crippen molar-refractivity contribution in [2.24, 2.45) is 0 Å². The third-order valence-electron chi connectivity index (χ3n) is 4.47. The van der Waals surface area contributed by atoms with Crippen LogP contribution >= 0.6 is 0 Å². The van der Waals surface area contributed by atoms with Crippen LogP contribution in [-0.4, -0.2) is 40.6 Å². The van der Waals surface area contributed by atoms with Crippen LogP contribution in [0.4, 0.5) is 0 Å². The Morgan fingerprint density at radius 1 is 1.20 bits per heavy atom. The largest absolute Gasteiger partial charge is 0.484 e. The molecule has 0 aliphatic carbocycles. The van der Waals surface area contributed by atoms with Crippen LogP contribution in [0, 0.1) is 0 Å². The lowest BCUT2D eigenvalue weighted by molar-refractivity contribution is -0.138. The standard InChI is InChI=1S/C19H25N3O3/c1-12(2)14-5-7-16(8-6-14)24-11-17(23)22-9-15(10-22)19-20-18(13(3)4)21-25-19/h5-8,12-13,15H,9-11H2,1-4H3. The van der Waals surface area contributed by atoms with Gasteiger partial charge in [0.2, 0.25) is 5.89 Å². The van der Waals surface area contributed by atoms with E-state index in [2.05, 4.69) is 24.0 Å². The molecule has 2 heterocycles. The average molecular weight is 343 g/mol. The number of carbonyl (C=O) groups is 1. The number of rotatable bonds is 6. The molecule has 1 fully saturated rings. The van der Waals surface area contributed by atoms with E-state index >= 15 is 0 Å². The monoisotopic (exact) mass is 343 g/mol. The fraction of sp³-hybridized carbons (Fsp3) is 0.526. The minimum Gasteiger partial charge on any atom is -0.484 e. The van der Waals surface area contributed by atoms with E-state index in [1.807, 2.05) is 38.1 Å². The van der Waals surface area contributed by atoms with Crippen molar-refractivity contribution in [3.05, 3.63) is 41.5 Å². The number of benzene rings is 1. The van der Waals surface area contributed by atoms with Crippen LogP contribution in [0.5, 0.6) is 5.75 Å². The van der Waals surface area contributed by atoms with Crippen molar-refractivity contribution < 1.29 is 14.1 Å². The first-order chi connectivity index (χ1) is 11.9. The van der Waals surface area contributed by atoms with Gasteiger partial charge in [0.05, 0.1) is 5.92 Å². The summed E-state index contributed by atoms with van der Waals surface area (Å²) in [5, 5.41) is 3.97. The summed E-state index contributed by atoms with van der Waals surface area (Å²) in [6.45, 7) is 9.60. The highest BCUT2D eigenvalue weighted by Gasteiger charge is 2.35. The second-order valence-corrected chi connectivity index (χ2v) is 7.15. The maximum atomic E-state index is 12.2. The molecule has 0 radical (unpaired) electrons. The van der Waals surface area contributed by atoms with E-state index in [4.69, 9.17) is 9.26 Å². The van der Waals surface area contributed by atoms with E-state index in [-0.39, 0.29) is 24.3 Å². The molecule has 6 heteroatoms. The first-order valence-electron chi connectivity index (χ1n) is 8.78. The van der Waals surface area contributed by atoms with E-state index in [1.165, 1.54) is 5.56 Å². The van der Waals surface area contributed by atoms with E-state index in [1.54, 1.807) is 4.90 Å². The van der Waals surface area contributed by atoms with Gasteiger partial charge in [0.15, 0.2) is 12.4 Å². The van der Waals surface area contributed by atoms with Crippen LogP contribution in [0.15, 0.2) is 28.8 Å². The van der Waals surface area contributed by atoms with Gasteiger partial charge in [-0.05, 0) is 23.6 Å². The number of hydrogen-bond acceptors (Lipinski definition) is 5. The molecule has 3 rings (SSSR count). The molecule has 0 N–H and O–H groups in total. The zero-order chi connectivity index (χ0) is 18.0. The molecule has 1 amide bonds. The van der Waals surface area contributed by atoms with Crippen LogP contribution in [0.1, 0.15) is 62.7 Å². The van der Waals surface area contributed by atoms with Crippen LogP contribution in [0.2, 0.25) is 0 Å². The lowest BCUT2D eigenvalue weighted by Gasteiger charge is -2.36. The minimum atomic E-state index is -0.0206. The molecule has 25 heavy (non-hydrogen) atoms. The Bertz CT molecular complexity index is 716. The van der Waals surface area contributed by atoms with Gasteiger partial charge in [-0.15, -0.1) is 0 Å². The molecule has 1 aliphatic heterocycles. The molecule has 1 aromatic carbocycles. The molecule has 0 atom stereocenters. The molecular weight excluding hydrogens is 318 g/mol. The van der Waals surface area contributed by atoms with Gasteiger partial charge in [0, 0.05) is 19.0 Å². The summed E-state index contributed by atoms with van der Waals surface area (Å²) < 4.78 is 10.9. The van der Waals surface area contributed by atoms with Crippen molar-refractivity contribution in [1.29, 1.82) is 0 Å². The molecule has 0 bridgehead atoms. The van der Waals surface area contributed by atoms with Crippen molar-refractivity contribution >= 4 is 5.91 Å². The molecule has 2 aromatic rings. The van der Waals surface area contributed by atoms with Gasteiger partial charge in [-0.1, -0.05) is 45.0 Å². The summed E-state index contributed by atoms with van der Waals surface area (Å²) in [5.74, 6) is 2.89. The molecule has 1 aliphatic rings. The Hall–Kier alpha value is -2.37. The van der Waals surface area contributed by atoms with Crippen LogP contribution < -0.4 is 4.74 Å². The molecule has 0 spiro atoms. The quantitative estimate of drug-likeness (QED) is 0.805. The third kappa shape index (κ3) is 4.00. The zero-order valence-electron chi connectivity index (χ0n) is 15.2. The number of carbonyl (C=O) groups excluding carboxylic acids is 1. The molecular formula is C19H25N3O3. The van der Waals surface area contributed by atoms with Crippen molar-refractivity contribution in [1.82, 2.24) is 15.0 Å². The van der Waals surface area contributed by atoms with Gasteiger partial charge in [0.25, 0.3) is 5.91 Å². The fourth-order valence-electron chi connectivity index (χ4n) is 2.67. The summed E-state index contributed by atoms with van der Waals surface area (Å²) in [5.41, 5.74) is 1.25. The Morgan fingerprint density at radius 3 is 2.44 bits per heavy atom. The smallest absolute Gasteiger partial charge is 0.260 e. The average Bonchev–Trinajstić information content (AvgIpc) is 3.01. The van der Waals surface area contributed by atoms with Gasteiger partial charge in [-0.25, -0.2) is 0 Å².